The third-order valence-corrected chi connectivity index (χ3v) is 9.08. The van der Waals surface area contributed by atoms with Gasteiger partial charge in [0.05, 0.1) is 43.7 Å². The molecule has 0 saturated carbocycles. The van der Waals surface area contributed by atoms with Gasteiger partial charge >= 0.3 is 13.2 Å². The fraction of sp³-hybridized carbons (Fsp3) is 0.342. The maximum Gasteiger partial charge on any atom is 0.500 e. The minimum Gasteiger partial charge on any atom is -0.497 e. The van der Waals surface area contributed by atoms with E-state index < -0.39 is 18.8 Å². The lowest BCUT2D eigenvalue weighted by molar-refractivity contribution is 0.00578. The van der Waals surface area contributed by atoms with Gasteiger partial charge in [-0.3, -0.25) is 15.0 Å². The standard InChI is InChI=1S/C14H12N2O.C12H18BNO3.C12H13BrN2O2/c1-17-14-4-5-15-9-13(14)10-2-3-11-7-16-8-12(11)6-10;1-11(2)12(3,4)17-13(16-11)9-8-14-7-6-10(9)15-5;1-12(2,3)17-11(16)15-10-5-4-9(13)6-8(10)7-14-15/h2-6,8-9H,7H2,1H3;6-8H,1-5H3;4-7H,1-3H3. The van der Waals surface area contributed by atoms with E-state index in [1.54, 1.807) is 45.1 Å². The number of halogens is 1. The second-order valence-corrected chi connectivity index (χ2v) is 14.8. The van der Waals surface area contributed by atoms with Crippen molar-refractivity contribution < 1.29 is 28.3 Å². The second-order valence-electron chi connectivity index (χ2n) is 13.9. The van der Waals surface area contributed by atoms with E-state index >= 15 is 0 Å². The van der Waals surface area contributed by atoms with Gasteiger partial charge in [-0.2, -0.15) is 9.78 Å². The summed E-state index contributed by atoms with van der Waals surface area (Å²) in [4.78, 5) is 24.4. The molecule has 3 aromatic heterocycles. The summed E-state index contributed by atoms with van der Waals surface area (Å²) in [5.74, 6) is 1.58. The first-order valence-electron chi connectivity index (χ1n) is 16.4. The number of fused-ring (bicyclic) bond motifs is 2. The predicted molar refractivity (Wildman–Crippen MR) is 203 cm³/mol. The zero-order chi connectivity index (χ0) is 37.0. The van der Waals surface area contributed by atoms with Crippen LogP contribution >= 0.6 is 15.9 Å². The van der Waals surface area contributed by atoms with Gasteiger partial charge in [0.2, 0.25) is 0 Å². The molecule has 0 N–H and O–H groups in total. The number of carbonyl (C=O) groups is 1. The van der Waals surface area contributed by atoms with Gasteiger partial charge in [-0.25, -0.2) is 4.79 Å². The van der Waals surface area contributed by atoms with Crippen LogP contribution in [0.3, 0.4) is 0 Å². The highest BCUT2D eigenvalue weighted by Crippen LogP contribution is 2.37. The second kappa shape index (κ2) is 15.3. The van der Waals surface area contributed by atoms with Gasteiger partial charge < -0.3 is 23.5 Å². The highest BCUT2D eigenvalue weighted by Gasteiger charge is 2.52. The summed E-state index contributed by atoms with van der Waals surface area (Å²) in [6.07, 6.45) is 10.1. The third kappa shape index (κ3) is 8.84. The van der Waals surface area contributed by atoms with Crippen LogP contribution in [0.2, 0.25) is 0 Å². The molecular weight excluding hydrogens is 713 g/mol. The van der Waals surface area contributed by atoms with E-state index in [0.717, 1.165) is 50.0 Å². The van der Waals surface area contributed by atoms with Crippen molar-refractivity contribution in [2.75, 3.05) is 14.2 Å². The van der Waals surface area contributed by atoms with Gasteiger partial charge in [-0.05, 0) is 102 Å². The molecule has 2 aliphatic heterocycles. The number of aromatic nitrogens is 4. The Morgan fingerprint density at radius 3 is 2.22 bits per heavy atom. The molecule has 5 heterocycles. The van der Waals surface area contributed by atoms with E-state index in [4.69, 9.17) is 23.5 Å². The van der Waals surface area contributed by atoms with Crippen molar-refractivity contribution in [3.8, 4) is 22.6 Å². The number of nitrogens with zero attached hydrogens (tertiary/aromatic N) is 5. The van der Waals surface area contributed by atoms with Crippen LogP contribution in [0, 0.1) is 0 Å². The normalized spacial score (nSPS) is 15.3. The number of pyridine rings is 2. The fourth-order valence-electron chi connectivity index (χ4n) is 5.23. The minimum atomic E-state index is -0.523. The van der Waals surface area contributed by atoms with E-state index in [-0.39, 0.29) is 11.2 Å². The van der Waals surface area contributed by atoms with Crippen molar-refractivity contribution in [1.29, 1.82) is 0 Å². The molecule has 2 aromatic carbocycles. The van der Waals surface area contributed by atoms with Crippen molar-refractivity contribution in [3.63, 3.8) is 0 Å². The Morgan fingerprint density at radius 1 is 0.882 bits per heavy atom. The molecule has 0 unspecified atom stereocenters. The smallest absolute Gasteiger partial charge is 0.497 e. The first kappa shape index (κ1) is 37.7. The van der Waals surface area contributed by atoms with Gasteiger partial charge in [0, 0.05) is 51.9 Å². The van der Waals surface area contributed by atoms with Crippen molar-refractivity contribution in [2.45, 2.75) is 71.8 Å². The predicted octanol–water partition coefficient (Wildman–Crippen LogP) is 7.66. The van der Waals surface area contributed by atoms with E-state index in [2.05, 4.69) is 54.2 Å². The number of aliphatic imine (C=N–C) groups is 1. The first-order valence-corrected chi connectivity index (χ1v) is 17.2. The molecule has 1 saturated heterocycles. The monoisotopic (exact) mass is 755 g/mol. The Hall–Kier alpha value is -4.59. The van der Waals surface area contributed by atoms with Crippen LogP contribution in [0.15, 0.2) is 89.0 Å². The van der Waals surface area contributed by atoms with E-state index in [1.165, 1.54) is 15.8 Å². The molecule has 1 fully saturated rings. The number of carbonyl (C=O) groups excluding carboxylic acids is 1. The largest absolute Gasteiger partial charge is 0.500 e. The van der Waals surface area contributed by atoms with E-state index in [0.29, 0.717) is 0 Å². The summed E-state index contributed by atoms with van der Waals surface area (Å²) < 4.78 is 30.0. The number of hydrogen-bond acceptors (Lipinski definition) is 10. The molecule has 0 amide bonds. The molecule has 0 spiro atoms. The molecule has 5 aromatic rings. The number of ether oxygens (including phenoxy) is 3. The number of rotatable bonds is 4. The lowest BCUT2D eigenvalue weighted by atomic mass is 9.79. The molecule has 13 heteroatoms. The maximum atomic E-state index is 11.9. The highest BCUT2D eigenvalue weighted by atomic mass is 79.9. The molecule has 0 atom stereocenters. The van der Waals surface area contributed by atoms with Crippen LogP contribution in [0.25, 0.3) is 22.0 Å². The Balaban J connectivity index is 0.000000148. The quantitative estimate of drug-likeness (QED) is 0.170. The van der Waals surface area contributed by atoms with Crippen molar-refractivity contribution in [3.05, 3.63) is 95.1 Å². The van der Waals surface area contributed by atoms with Crippen LogP contribution in [0.1, 0.15) is 59.6 Å². The van der Waals surface area contributed by atoms with Crippen LogP contribution < -0.4 is 14.9 Å². The van der Waals surface area contributed by atoms with Gasteiger partial charge in [-0.15, -0.1) is 0 Å². The SMILES string of the molecule is CC(C)(C)OC(=O)n1ncc2cc(Br)ccc21.COc1ccncc1-c1ccc2c(c1)C=NC2.COc1ccncc1B1OC(C)(C)C(C)(C)O1. The summed E-state index contributed by atoms with van der Waals surface area (Å²) in [6.45, 7) is 14.4. The topological polar surface area (TPSA) is 119 Å². The van der Waals surface area contributed by atoms with Crippen LogP contribution in [0.4, 0.5) is 4.79 Å². The van der Waals surface area contributed by atoms with Gasteiger partial charge in [-0.1, -0.05) is 28.1 Å². The first-order chi connectivity index (χ1) is 24.1. The van der Waals surface area contributed by atoms with Gasteiger partial charge in [0.25, 0.3) is 0 Å². The lowest BCUT2D eigenvalue weighted by Gasteiger charge is -2.32. The van der Waals surface area contributed by atoms with E-state index in [9.17, 15) is 4.79 Å². The maximum absolute atomic E-state index is 11.9. The van der Waals surface area contributed by atoms with Gasteiger partial charge in [0.1, 0.15) is 17.1 Å². The zero-order valence-electron chi connectivity index (χ0n) is 30.4. The lowest BCUT2D eigenvalue weighted by Crippen LogP contribution is -2.41. The summed E-state index contributed by atoms with van der Waals surface area (Å²) in [7, 11) is 2.88. The Morgan fingerprint density at radius 2 is 1.55 bits per heavy atom. The number of hydrogen-bond donors (Lipinski definition) is 0. The number of methoxy groups -OCH3 is 2. The summed E-state index contributed by atoms with van der Waals surface area (Å²) in [6, 6.07) is 15.6. The molecule has 0 radical (unpaired) electrons. The third-order valence-electron chi connectivity index (χ3n) is 8.58. The average Bonchev–Trinajstić information content (AvgIpc) is 3.79. The minimum absolute atomic E-state index is 0.349. The summed E-state index contributed by atoms with van der Waals surface area (Å²) in [5, 5.41) is 4.94. The fourth-order valence-corrected chi connectivity index (χ4v) is 5.61. The average molecular weight is 757 g/mol. The van der Waals surface area contributed by atoms with Crippen LogP contribution in [-0.4, -0.2) is 70.2 Å². The zero-order valence-corrected chi connectivity index (χ0v) is 32.0. The van der Waals surface area contributed by atoms with Crippen molar-refractivity contribution in [2.24, 2.45) is 4.99 Å². The Kier molecular flexibility index (Phi) is 11.3. The highest BCUT2D eigenvalue weighted by molar-refractivity contribution is 9.10. The molecule has 7 rings (SSSR count). The van der Waals surface area contributed by atoms with Crippen LogP contribution in [-0.2, 0) is 20.6 Å². The molecule has 51 heavy (non-hydrogen) atoms. The summed E-state index contributed by atoms with van der Waals surface area (Å²) in [5.41, 5.74) is 4.93. The molecular formula is C38H43BBrN5O6. The summed E-state index contributed by atoms with van der Waals surface area (Å²) >= 11 is 3.37. The molecule has 266 valence electrons. The number of benzene rings is 2. The Labute approximate surface area is 307 Å². The Bertz CT molecular complexity index is 2030. The van der Waals surface area contributed by atoms with Crippen LogP contribution in [0.5, 0.6) is 11.5 Å². The van der Waals surface area contributed by atoms with E-state index in [1.807, 2.05) is 85.1 Å². The molecule has 11 nitrogen and oxygen atoms in total. The molecule has 0 bridgehead atoms. The molecule has 2 aliphatic rings. The van der Waals surface area contributed by atoms with Crippen molar-refractivity contribution in [1.82, 2.24) is 19.7 Å². The van der Waals surface area contributed by atoms with Crippen molar-refractivity contribution >= 4 is 51.7 Å². The van der Waals surface area contributed by atoms with Gasteiger partial charge in [0.15, 0.2) is 0 Å². The molecule has 0 aliphatic carbocycles.